The Morgan fingerprint density at radius 3 is 1.52 bits per heavy atom. The molecule has 0 radical (unpaired) electrons. The zero-order valence-corrected chi connectivity index (χ0v) is 12.4. The van der Waals surface area contributed by atoms with Crippen LogP contribution in [0.15, 0.2) is 48.5 Å². The van der Waals surface area contributed by atoms with E-state index in [0.29, 0.717) is 12.2 Å². The topological polar surface area (TPSA) is 9.23 Å². The first-order chi connectivity index (χ1) is 10.4. The molecule has 2 unspecified atom stereocenters. The Morgan fingerprint density at radius 1 is 0.619 bits per heavy atom. The van der Waals surface area contributed by atoms with Gasteiger partial charge in [0.1, 0.15) is 0 Å². The number of aryl methyl sites for hydroxylation is 2. The van der Waals surface area contributed by atoms with Crippen LogP contribution in [0.1, 0.15) is 35.1 Å². The molecular formula is C20H22O. The van der Waals surface area contributed by atoms with Crippen LogP contribution >= 0.6 is 0 Å². The molecule has 0 saturated heterocycles. The van der Waals surface area contributed by atoms with Crippen LogP contribution in [0.5, 0.6) is 0 Å². The van der Waals surface area contributed by atoms with Crippen molar-refractivity contribution in [1.82, 2.24) is 0 Å². The third-order valence-electron chi connectivity index (χ3n) is 4.99. The summed E-state index contributed by atoms with van der Waals surface area (Å²) in [5, 5.41) is 0. The minimum atomic E-state index is 0.412. The van der Waals surface area contributed by atoms with Crippen molar-refractivity contribution in [3.8, 4) is 0 Å². The van der Waals surface area contributed by atoms with Crippen LogP contribution in [-0.2, 0) is 30.4 Å². The monoisotopic (exact) mass is 278 g/mol. The molecule has 0 aromatic heterocycles. The number of benzene rings is 2. The summed E-state index contributed by atoms with van der Waals surface area (Å²) in [6.07, 6.45) is 7.70. The lowest BCUT2D eigenvalue weighted by atomic mass is 9.88. The lowest BCUT2D eigenvalue weighted by Gasteiger charge is -2.31. The summed E-state index contributed by atoms with van der Waals surface area (Å²) in [5.74, 6) is 0. The van der Waals surface area contributed by atoms with Gasteiger partial charge in [-0.3, -0.25) is 0 Å². The van der Waals surface area contributed by atoms with E-state index in [2.05, 4.69) is 48.5 Å². The standard InChI is InChI=1S/C20H22O/c1-3-7-17-13-19(11-9-15(17)5-1)21-20-12-10-16-6-2-4-8-18(16)14-20/h1-8,19-20H,9-14H2. The number of fused-ring (bicyclic) bond motifs is 2. The van der Waals surface area contributed by atoms with Crippen molar-refractivity contribution >= 4 is 0 Å². The van der Waals surface area contributed by atoms with Crippen molar-refractivity contribution in [2.45, 2.75) is 50.7 Å². The molecule has 0 N–H and O–H groups in total. The van der Waals surface area contributed by atoms with Gasteiger partial charge in [0.15, 0.2) is 0 Å². The van der Waals surface area contributed by atoms with E-state index in [1.165, 1.54) is 47.9 Å². The molecule has 1 heteroatoms. The number of hydrogen-bond acceptors (Lipinski definition) is 1. The lowest BCUT2D eigenvalue weighted by Crippen LogP contribution is -2.31. The SMILES string of the molecule is c1ccc2c(c1)CCC(OC1CCc3ccccc3C1)C2. The quantitative estimate of drug-likeness (QED) is 0.803. The highest BCUT2D eigenvalue weighted by molar-refractivity contribution is 5.31. The Labute approximate surface area is 127 Å². The van der Waals surface area contributed by atoms with Crippen molar-refractivity contribution < 1.29 is 4.74 Å². The Bertz CT molecular complexity index is 576. The number of hydrogen-bond donors (Lipinski definition) is 0. The van der Waals surface area contributed by atoms with Crippen LogP contribution in [0.4, 0.5) is 0 Å². The molecular weight excluding hydrogens is 256 g/mol. The van der Waals surface area contributed by atoms with Gasteiger partial charge in [-0.2, -0.15) is 0 Å². The second-order valence-electron chi connectivity index (χ2n) is 6.40. The largest absolute Gasteiger partial charge is 0.374 e. The molecule has 2 atom stereocenters. The van der Waals surface area contributed by atoms with Crippen LogP contribution in [0.2, 0.25) is 0 Å². The Kier molecular flexibility index (Phi) is 3.52. The predicted octanol–water partition coefficient (Wildman–Crippen LogP) is 4.12. The van der Waals surface area contributed by atoms with Gasteiger partial charge >= 0.3 is 0 Å². The summed E-state index contributed by atoms with van der Waals surface area (Å²) >= 11 is 0. The first kappa shape index (κ1) is 13.1. The Balaban J connectivity index is 1.42. The van der Waals surface area contributed by atoms with Gasteiger partial charge in [-0.15, -0.1) is 0 Å². The Hall–Kier alpha value is -1.60. The molecule has 2 aromatic rings. The fourth-order valence-corrected chi connectivity index (χ4v) is 3.83. The van der Waals surface area contributed by atoms with Crippen molar-refractivity contribution in [3.63, 3.8) is 0 Å². The van der Waals surface area contributed by atoms with E-state index < -0.39 is 0 Å². The van der Waals surface area contributed by atoms with Gasteiger partial charge in [-0.25, -0.2) is 0 Å². The number of ether oxygens (including phenoxy) is 1. The molecule has 1 nitrogen and oxygen atoms in total. The summed E-state index contributed by atoms with van der Waals surface area (Å²) in [7, 11) is 0. The van der Waals surface area contributed by atoms with Crippen LogP contribution in [0.3, 0.4) is 0 Å². The predicted molar refractivity (Wildman–Crippen MR) is 85.6 cm³/mol. The average molecular weight is 278 g/mol. The fourth-order valence-electron chi connectivity index (χ4n) is 3.83. The molecule has 2 aromatic carbocycles. The number of rotatable bonds is 2. The molecule has 0 aliphatic heterocycles. The van der Waals surface area contributed by atoms with Gasteiger partial charge in [0.05, 0.1) is 12.2 Å². The van der Waals surface area contributed by atoms with Gasteiger partial charge < -0.3 is 4.74 Å². The van der Waals surface area contributed by atoms with E-state index in [0.717, 1.165) is 12.8 Å². The summed E-state index contributed by atoms with van der Waals surface area (Å²) < 4.78 is 6.45. The third-order valence-corrected chi connectivity index (χ3v) is 4.99. The molecule has 0 fully saturated rings. The second kappa shape index (κ2) is 5.65. The summed E-state index contributed by atoms with van der Waals surface area (Å²) in [6, 6.07) is 17.7. The smallest absolute Gasteiger partial charge is 0.0622 e. The molecule has 0 saturated carbocycles. The highest BCUT2D eigenvalue weighted by Crippen LogP contribution is 2.28. The van der Waals surface area contributed by atoms with E-state index in [1.54, 1.807) is 0 Å². The molecule has 2 aliphatic rings. The molecule has 4 rings (SSSR count). The minimum absolute atomic E-state index is 0.412. The van der Waals surface area contributed by atoms with E-state index in [-0.39, 0.29) is 0 Å². The van der Waals surface area contributed by atoms with Gasteiger partial charge in [-0.1, -0.05) is 48.5 Å². The maximum atomic E-state index is 6.45. The van der Waals surface area contributed by atoms with Crippen LogP contribution in [0, 0.1) is 0 Å². The summed E-state index contributed by atoms with van der Waals surface area (Å²) in [4.78, 5) is 0. The molecule has 0 bridgehead atoms. The fraction of sp³-hybridized carbons (Fsp3) is 0.400. The first-order valence-electron chi connectivity index (χ1n) is 8.17. The lowest BCUT2D eigenvalue weighted by molar-refractivity contribution is -0.0243. The van der Waals surface area contributed by atoms with E-state index in [1.807, 2.05) is 0 Å². The molecule has 0 amide bonds. The maximum absolute atomic E-state index is 6.45. The molecule has 0 heterocycles. The van der Waals surface area contributed by atoms with Gasteiger partial charge in [-0.05, 0) is 60.8 Å². The van der Waals surface area contributed by atoms with Crippen molar-refractivity contribution in [2.75, 3.05) is 0 Å². The van der Waals surface area contributed by atoms with E-state index in [9.17, 15) is 0 Å². The summed E-state index contributed by atoms with van der Waals surface area (Å²) in [6.45, 7) is 0. The highest BCUT2D eigenvalue weighted by atomic mass is 16.5. The Morgan fingerprint density at radius 2 is 1.05 bits per heavy atom. The maximum Gasteiger partial charge on any atom is 0.0622 e. The summed E-state index contributed by atoms with van der Waals surface area (Å²) in [5.41, 5.74) is 6.02. The van der Waals surface area contributed by atoms with Crippen LogP contribution in [-0.4, -0.2) is 12.2 Å². The van der Waals surface area contributed by atoms with Crippen LogP contribution in [0.25, 0.3) is 0 Å². The molecule has 21 heavy (non-hydrogen) atoms. The highest BCUT2D eigenvalue weighted by Gasteiger charge is 2.25. The molecule has 2 aliphatic carbocycles. The minimum Gasteiger partial charge on any atom is -0.374 e. The van der Waals surface area contributed by atoms with E-state index in [4.69, 9.17) is 4.74 Å². The molecule has 108 valence electrons. The van der Waals surface area contributed by atoms with Crippen molar-refractivity contribution in [3.05, 3.63) is 70.8 Å². The average Bonchev–Trinajstić information content (AvgIpc) is 2.55. The second-order valence-corrected chi connectivity index (χ2v) is 6.40. The third kappa shape index (κ3) is 2.75. The van der Waals surface area contributed by atoms with Crippen molar-refractivity contribution in [1.29, 1.82) is 0 Å². The first-order valence-corrected chi connectivity index (χ1v) is 8.17. The van der Waals surface area contributed by atoms with Crippen LogP contribution < -0.4 is 0 Å². The normalized spacial score (nSPS) is 24.2. The van der Waals surface area contributed by atoms with Crippen molar-refractivity contribution in [2.24, 2.45) is 0 Å². The zero-order valence-electron chi connectivity index (χ0n) is 12.4. The molecule has 0 spiro atoms. The van der Waals surface area contributed by atoms with Gasteiger partial charge in [0.25, 0.3) is 0 Å². The van der Waals surface area contributed by atoms with Gasteiger partial charge in [0.2, 0.25) is 0 Å². The zero-order chi connectivity index (χ0) is 14.1. The van der Waals surface area contributed by atoms with E-state index >= 15 is 0 Å². The van der Waals surface area contributed by atoms with Gasteiger partial charge in [0, 0.05) is 0 Å².